The summed E-state index contributed by atoms with van der Waals surface area (Å²) >= 11 is 6.26. The van der Waals surface area contributed by atoms with E-state index in [4.69, 9.17) is 26.1 Å². The third-order valence-electron chi connectivity index (χ3n) is 8.20. The highest BCUT2D eigenvalue weighted by Crippen LogP contribution is 2.43. The summed E-state index contributed by atoms with van der Waals surface area (Å²) in [5, 5.41) is 0.705. The average Bonchev–Trinajstić information content (AvgIpc) is 3.42. The largest absolute Gasteiger partial charge is 0.444 e. The average molecular weight is 574 g/mol. The molecule has 1 amide bonds. The van der Waals surface area contributed by atoms with Crippen molar-refractivity contribution in [1.82, 2.24) is 24.4 Å². The Morgan fingerprint density at radius 3 is 2.29 bits per heavy atom. The van der Waals surface area contributed by atoms with Crippen LogP contribution in [0, 0.1) is 0 Å². The van der Waals surface area contributed by atoms with Gasteiger partial charge in [-0.15, -0.1) is 0 Å². The van der Waals surface area contributed by atoms with Crippen molar-refractivity contribution in [2.45, 2.75) is 70.1 Å². The van der Waals surface area contributed by atoms with Crippen molar-refractivity contribution in [2.75, 3.05) is 19.7 Å². The van der Waals surface area contributed by atoms with Crippen molar-refractivity contribution in [3.63, 3.8) is 0 Å². The highest BCUT2D eigenvalue weighted by Gasteiger charge is 2.40. The van der Waals surface area contributed by atoms with Gasteiger partial charge in [0, 0.05) is 35.7 Å². The molecule has 4 heterocycles. The number of nitrogens with zero attached hydrogens (tertiary/aromatic N) is 5. The minimum absolute atomic E-state index is 0.0374. The van der Waals surface area contributed by atoms with Gasteiger partial charge in [0.05, 0.1) is 6.33 Å². The Hall–Kier alpha value is -3.49. The molecule has 4 aromatic rings. The van der Waals surface area contributed by atoms with Gasteiger partial charge in [-0.3, -0.25) is 4.57 Å². The molecule has 0 saturated carbocycles. The second-order valence-electron chi connectivity index (χ2n) is 12.0. The van der Waals surface area contributed by atoms with Crippen LogP contribution in [0.2, 0.25) is 5.02 Å². The number of fused-ring (bicyclic) bond motifs is 1. The van der Waals surface area contributed by atoms with Crippen LogP contribution in [0.25, 0.3) is 22.4 Å². The van der Waals surface area contributed by atoms with Gasteiger partial charge in [0.15, 0.2) is 5.65 Å². The van der Waals surface area contributed by atoms with E-state index >= 15 is 0 Å². The molecule has 41 heavy (non-hydrogen) atoms. The molecule has 8 nitrogen and oxygen atoms in total. The summed E-state index contributed by atoms with van der Waals surface area (Å²) < 4.78 is 13.7. The predicted octanol–water partition coefficient (Wildman–Crippen LogP) is 7.16. The van der Waals surface area contributed by atoms with E-state index < -0.39 is 5.60 Å². The number of halogens is 1. The Kier molecular flexibility index (Phi) is 7.47. The zero-order valence-electron chi connectivity index (χ0n) is 23.8. The summed E-state index contributed by atoms with van der Waals surface area (Å²) in [5.41, 5.74) is 4.94. The molecular weight excluding hydrogens is 538 g/mol. The Morgan fingerprint density at radius 1 is 0.976 bits per heavy atom. The number of likely N-dealkylation sites (tertiary alicyclic amines) is 1. The summed E-state index contributed by atoms with van der Waals surface area (Å²) in [4.78, 5) is 28.5. The number of hydrogen-bond acceptors (Lipinski definition) is 6. The van der Waals surface area contributed by atoms with Crippen LogP contribution in [0.5, 0.6) is 0 Å². The standard InChI is InChI=1S/C32H36ClN5O3/c1-31(2,3)41-30(39)37-17-15-32(16-18-37,24-11-13-25(33)14-12-24)23-9-7-22(8-10-23)27-28-29(35-20-34-27)38(21-36-28)26-6-4-5-19-40-26/h7-14,20-21,26H,4-6,15-19H2,1-3H3. The van der Waals surface area contributed by atoms with Crippen molar-refractivity contribution >= 4 is 28.9 Å². The maximum Gasteiger partial charge on any atom is 0.410 e. The van der Waals surface area contributed by atoms with E-state index in [-0.39, 0.29) is 17.7 Å². The Labute approximate surface area is 245 Å². The first kappa shape index (κ1) is 27.7. The molecule has 0 N–H and O–H groups in total. The van der Waals surface area contributed by atoms with Gasteiger partial charge >= 0.3 is 6.09 Å². The smallest absolute Gasteiger partial charge is 0.410 e. The third-order valence-corrected chi connectivity index (χ3v) is 8.45. The van der Waals surface area contributed by atoms with Gasteiger partial charge < -0.3 is 14.4 Å². The van der Waals surface area contributed by atoms with E-state index in [9.17, 15) is 4.79 Å². The van der Waals surface area contributed by atoms with Crippen LogP contribution in [0.15, 0.2) is 61.2 Å². The molecule has 2 aromatic heterocycles. The molecule has 1 unspecified atom stereocenters. The van der Waals surface area contributed by atoms with Crippen LogP contribution >= 0.6 is 11.6 Å². The lowest BCUT2D eigenvalue weighted by atomic mass is 9.68. The number of aromatic nitrogens is 4. The Morgan fingerprint density at radius 2 is 1.66 bits per heavy atom. The van der Waals surface area contributed by atoms with Crippen molar-refractivity contribution in [3.8, 4) is 11.3 Å². The molecule has 9 heteroatoms. The first-order chi connectivity index (χ1) is 19.7. The minimum Gasteiger partial charge on any atom is -0.444 e. The van der Waals surface area contributed by atoms with E-state index in [1.54, 1.807) is 6.33 Å². The molecule has 2 fully saturated rings. The van der Waals surface area contributed by atoms with Crippen molar-refractivity contribution < 1.29 is 14.3 Å². The van der Waals surface area contributed by atoms with E-state index in [0.29, 0.717) is 18.1 Å². The first-order valence-corrected chi connectivity index (χ1v) is 14.8. The molecule has 0 bridgehead atoms. The minimum atomic E-state index is -0.525. The molecular formula is C32H36ClN5O3. The summed E-state index contributed by atoms with van der Waals surface area (Å²) in [6, 6.07) is 16.7. The highest BCUT2D eigenvalue weighted by molar-refractivity contribution is 6.30. The van der Waals surface area contributed by atoms with Gasteiger partial charge in [-0.25, -0.2) is 19.7 Å². The lowest BCUT2D eigenvalue weighted by molar-refractivity contribution is -0.0298. The molecule has 2 aromatic carbocycles. The number of benzene rings is 2. The normalized spacial score (nSPS) is 19.3. The van der Waals surface area contributed by atoms with Crippen molar-refractivity contribution in [3.05, 3.63) is 77.3 Å². The number of carbonyl (C=O) groups excluding carboxylic acids is 1. The monoisotopic (exact) mass is 573 g/mol. The van der Waals surface area contributed by atoms with Gasteiger partial charge in [0.2, 0.25) is 0 Å². The topological polar surface area (TPSA) is 82.4 Å². The summed E-state index contributed by atoms with van der Waals surface area (Å²) in [5.74, 6) is 0. The molecule has 0 radical (unpaired) electrons. The van der Waals surface area contributed by atoms with Crippen LogP contribution in [-0.2, 0) is 14.9 Å². The summed E-state index contributed by atoms with van der Waals surface area (Å²) in [6.07, 6.45) is 7.86. The van der Waals surface area contributed by atoms with E-state index in [2.05, 4.69) is 46.4 Å². The predicted molar refractivity (Wildman–Crippen MR) is 159 cm³/mol. The molecule has 1 atom stereocenters. The second-order valence-corrected chi connectivity index (χ2v) is 12.4. The maximum absolute atomic E-state index is 12.8. The molecule has 0 aliphatic carbocycles. The van der Waals surface area contributed by atoms with Crippen LogP contribution < -0.4 is 0 Å². The van der Waals surface area contributed by atoms with E-state index in [1.807, 2.05) is 48.7 Å². The van der Waals surface area contributed by atoms with Gasteiger partial charge in [0.1, 0.15) is 29.4 Å². The van der Waals surface area contributed by atoms with Crippen LogP contribution in [-0.4, -0.2) is 55.8 Å². The SMILES string of the molecule is CC(C)(C)OC(=O)N1CCC(c2ccc(Cl)cc2)(c2ccc(-c3ncnc4c3ncn4C3CCCCO3)cc2)CC1. The number of piperidine rings is 1. The quantitative estimate of drug-likeness (QED) is 0.257. The number of carbonyl (C=O) groups is 1. The lowest BCUT2D eigenvalue weighted by Gasteiger charge is -2.43. The fourth-order valence-corrected chi connectivity index (χ4v) is 6.20. The number of rotatable bonds is 4. The molecule has 0 spiro atoms. The zero-order chi connectivity index (χ0) is 28.6. The van der Waals surface area contributed by atoms with Gasteiger partial charge in [0.25, 0.3) is 0 Å². The fourth-order valence-electron chi connectivity index (χ4n) is 6.07. The van der Waals surface area contributed by atoms with Crippen LogP contribution in [0.3, 0.4) is 0 Å². The summed E-state index contributed by atoms with van der Waals surface area (Å²) in [7, 11) is 0. The van der Waals surface area contributed by atoms with E-state index in [0.717, 1.165) is 61.1 Å². The number of imidazole rings is 1. The molecule has 2 saturated heterocycles. The number of amides is 1. The van der Waals surface area contributed by atoms with Crippen molar-refractivity contribution in [1.29, 1.82) is 0 Å². The van der Waals surface area contributed by atoms with Crippen LogP contribution in [0.1, 0.15) is 70.2 Å². The van der Waals surface area contributed by atoms with Crippen molar-refractivity contribution in [2.24, 2.45) is 0 Å². The molecule has 6 rings (SSSR count). The second kappa shape index (κ2) is 11.1. The maximum atomic E-state index is 12.8. The molecule has 2 aliphatic heterocycles. The number of hydrogen-bond donors (Lipinski definition) is 0. The van der Waals surface area contributed by atoms with Gasteiger partial charge in [-0.1, -0.05) is 48.0 Å². The lowest BCUT2D eigenvalue weighted by Crippen LogP contribution is -2.47. The van der Waals surface area contributed by atoms with Crippen LogP contribution in [0.4, 0.5) is 4.79 Å². The number of ether oxygens (including phenoxy) is 2. The zero-order valence-corrected chi connectivity index (χ0v) is 24.6. The van der Waals surface area contributed by atoms with Gasteiger partial charge in [-0.05, 0) is 76.1 Å². The Balaban J connectivity index is 1.31. The van der Waals surface area contributed by atoms with Gasteiger partial charge in [-0.2, -0.15) is 0 Å². The fraction of sp³-hybridized carbons (Fsp3) is 0.438. The molecule has 214 valence electrons. The highest BCUT2D eigenvalue weighted by atomic mass is 35.5. The molecule has 2 aliphatic rings. The summed E-state index contributed by atoms with van der Waals surface area (Å²) in [6.45, 7) is 7.66. The van der Waals surface area contributed by atoms with E-state index in [1.165, 1.54) is 11.1 Å². The first-order valence-electron chi connectivity index (χ1n) is 14.4. The third kappa shape index (κ3) is 5.55. The Bertz CT molecular complexity index is 1510.